The van der Waals surface area contributed by atoms with E-state index >= 15 is 0 Å². The van der Waals surface area contributed by atoms with E-state index in [1.807, 2.05) is 6.92 Å². The highest BCUT2D eigenvalue weighted by Gasteiger charge is 2.15. The van der Waals surface area contributed by atoms with Gasteiger partial charge in [0.2, 0.25) is 5.43 Å². The number of fused-ring (bicyclic) bond motifs is 1. The Morgan fingerprint density at radius 3 is 2.33 bits per heavy atom. The Morgan fingerprint density at radius 1 is 0.917 bits per heavy atom. The summed E-state index contributed by atoms with van der Waals surface area (Å²) in [5, 5.41) is 4.65. The Hall–Kier alpha value is -4.61. The van der Waals surface area contributed by atoms with Gasteiger partial charge in [0.05, 0.1) is 27.2 Å². The van der Waals surface area contributed by atoms with Crippen molar-refractivity contribution in [2.75, 3.05) is 11.2 Å². The summed E-state index contributed by atoms with van der Waals surface area (Å²) in [6.45, 7) is 1.87. The number of nitrogens with two attached hydrogens (primary N) is 1. The van der Waals surface area contributed by atoms with Crippen molar-refractivity contribution in [1.82, 2.24) is 4.57 Å². The molecule has 5 rings (SSSR count). The molecular formula is C25H18N4O6S. The minimum absolute atomic E-state index is 0.00746. The monoisotopic (exact) mass is 502 g/mol. The van der Waals surface area contributed by atoms with Crippen molar-refractivity contribution >= 4 is 32.3 Å². The van der Waals surface area contributed by atoms with Crippen LogP contribution in [0.25, 0.3) is 16.5 Å². The van der Waals surface area contributed by atoms with Crippen LogP contribution in [0, 0.1) is 17.4 Å². The molecule has 3 aromatic rings. The van der Waals surface area contributed by atoms with Crippen LogP contribution >= 0.6 is 0 Å². The third-order valence-electron chi connectivity index (χ3n) is 5.89. The molecule has 4 N–H and O–H groups in total. The van der Waals surface area contributed by atoms with Crippen LogP contribution in [0.3, 0.4) is 0 Å². The minimum atomic E-state index is -4.40. The highest BCUT2D eigenvalue weighted by Crippen LogP contribution is 2.31. The molecule has 0 aromatic heterocycles. The van der Waals surface area contributed by atoms with Crippen molar-refractivity contribution in [1.29, 1.82) is 0 Å². The highest BCUT2D eigenvalue weighted by molar-refractivity contribution is 7.85. The molecule has 0 saturated carbocycles. The fraction of sp³-hybridized carbons (Fsp3) is 0.0400. The first-order chi connectivity index (χ1) is 17.1. The molecule has 1 aliphatic heterocycles. The molecular weight excluding hydrogens is 484 g/mol. The molecule has 180 valence electrons. The molecule has 0 amide bonds. The number of nitrogen functional groups attached to an aromatic ring is 1. The second-order valence-electron chi connectivity index (χ2n) is 8.23. The summed E-state index contributed by atoms with van der Waals surface area (Å²) in [6.07, 6.45) is 0. The number of hydrogen-bond acceptors (Lipinski definition) is 8. The third kappa shape index (κ3) is 3.76. The van der Waals surface area contributed by atoms with Gasteiger partial charge in [0.1, 0.15) is 10.6 Å². The molecule has 0 radical (unpaired) electrons. The van der Waals surface area contributed by atoms with Gasteiger partial charge in [0.15, 0.2) is 0 Å². The molecule has 1 aliphatic carbocycles. The van der Waals surface area contributed by atoms with Gasteiger partial charge in [-0.1, -0.05) is 29.8 Å². The first kappa shape index (κ1) is 23.1. The molecule has 11 heteroatoms. The smallest absolute Gasteiger partial charge is 0.294 e. The summed E-state index contributed by atoms with van der Waals surface area (Å²) >= 11 is 0. The van der Waals surface area contributed by atoms with Gasteiger partial charge >= 0.3 is 0 Å². The lowest BCUT2D eigenvalue weighted by Crippen LogP contribution is -2.31. The number of hydrogen-bond donors (Lipinski definition) is 3. The molecule has 0 spiro atoms. The summed E-state index contributed by atoms with van der Waals surface area (Å²) in [5.41, 5.74) is 8.59. The van der Waals surface area contributed by atoms with E-state index < -0.39 is 26.7 Å². The Balaban J connectivity index is 1.65. The zero-order valence-corrected chi connectivity index (χ0v) is 19.5. The van der Waals surface area contributed by atoms with Crippen molar-refractivity contribution in [2.24, 2.45) is 5.10 Å². The van der Waals surface area contributed by atoms with Crippen molar-refractivity contribution in [3.8, 4) is 5.69 Å². The van der Waals surface area contributed by atoms with Crippen molar-refractivity contribution in [3.05, 3.63) is 119 Å². The third-order valence-corrected chi connectivity index (χ3v) is 6.74. The zero-order valence-electron chi connectivity index (χ0n) is 18.7. The number of aromatic nitrogens is 1. The number of benzene rings is 3. The Kier molecular flexibility index (Phi) is 5.31. The fourth-order valence-electron chi connectivity index (χ4n) is 4.03. The summed E-state index contributed by atoms with van der Waals surface area (Å²) in [5.74, 6) is 0. The Bertz CT molecular complexity index is 2070. The lowest BCUT2D eigenvalue weighted by atomic mass is 10.1. The van der Waals surface area contributed by atoms with Crippen LogP contribution in [0.15, 0.2) is 91.1 Å². The van der Waals surface area contributed by atoms with Crippen LogP contribution in [0.1, 0.15) is 5.56 Å². The number of nitrogens with zero attached hydrogens (tertiary/aromatic N) is 2. The molecule has 10 nitrogen and oxygen atoms in total. The zero-order chi connectivity index (χ0) is 25.8. The van der Waals surface area contributed by atoms with Crippen molar-refractivity contribution < 1.29 is 13.0 Å². The summed E-state index contributed by atoms with van der Waals surface area (Å²) in [7, 11) is -4.40. The average molecular weight is 503 g/mol. The molecule has 0 saturated heterocycles. The van der Waals surface area contributed by atoms with Crippen molar-refractivity contribution in [2.45, 2.75) is 11.8 Å². The maximum Gasteiger partial charge on any atom is 0.294 e. The first-order valence-corrected chi connectivity index (χ1v) is 12.1. The first-order valence-electron chi connectivity index (χ1n) is 10.6. The number of nitrogens with one attached hydrogen (secondary N) is 1. The van der Waals surface area contributed by atoms with Crippen molar-refractivity contribution in [3.63, 3.8) is 0 Å². The van der Waals surface area contributed by atoms with Gasteiger partial charge in [-0.25, -0.2) is 4.57 Å². The molecule has 0 unspecified atom stereocenters. The lowest BCUT2D eigenvalue weighted by Gasteiger charge is -2.10. The fourth-order valence-corrected chi connectivity index (χ4v) is 4.55. The molecule has 0 bridgehead atoms. The van der Waals surface area contributed by atoms with Crippen LogP contribution < -0.4 is 33.1 Å². The molecule has 2 aliphatic rings. The van der Waals surface area contributed by atoms with E-state index in [-0.39, 0.29) is 32.1 Å². The second-order valence-corrected chi connectivity index (χ2v) is 9.65. The van der Waals surface area contributed by atoms with E-state index in [0.29, 0.717) is 16.5 Å². The van der Waals surface area contributed by atoms with E-state index in [0.717, 1.165) is 10.1 Å². The number of rotatable bonds is 4. The average Bonchev–Trinajstić information content (AvgIpc) is 3.09. The summed E-state index contributed by atoms with van der Waals surface area (Å²) in [4.78, 5) is 38.7. The Labute approximate surface area is 202 Å². The van der Waals surface area contributed by atoms with E-state index in [4.69, 9.17) is 5.73 Å². The molecule has 1 heterocycles. The molecule has 0 atom stereocenters. The second kappa shape index (κ2) is 8.26. The Morgan fingerprint density at radius 2 is 1.64 bits per heavy atom. The van der Waals surface area contributed by atoms with Crippen LogP contribution in [-0.2, 0) is 10.1 Å². The van der Waals surface area contributed by atoms with Gasteiger partial charge in [-0.3, -0.25) is 24.4 Å². The van der Waals surface area contributed by atoms with Gasteiger partial charge < -0.3 is 5.73 Å². The van der Waals surface area contributed by atoms with E-state index in [2.05, 4.69) is 10.5 Å². The normalized spacial score (nSPS) is 12.4. The van der Waals surface area contributed by atoms with Crippen LogP contribution in [0.2, 0.25) is 0 Å². The van der Waals surface area contributed by atoms with Gasteiger partial charge in [0.25, 0.3) is 21.2 Å². The molecule has 36 heavy (non-hydrogen) atoms. The van der Waals surface area contributed by atoms with Crippen LogP contribution in [0.4, 0.5) is 11.4 Å². The van der Waals surface area contributed by atoms with Gasteiger partial charge in [-0.05, 0) is 54.8 Å². The maximum atomic E-state index is 13.1. The SMILES string of the molecule is Cc1ccc(-n2c(=O)c3cc/c(=N\Nc4c(N)ccc5cc(S(=O)(=O)O)ccc45)c(=O)c=3c2=O)cc1. The number of anilines is 2. The topological polar surface area (TPSA) is 161 Å². The number of aryl methyl sites for hydroxylation is 1. The van der Waals surface area contributed by atoms with E-state index in [1.54, 1.807) is 30.3 Å². The largest absolute Gasteiger partial charge is 0.397 e. The van der Waals surface area contributed by atoms with Crippen LogP contribution in [-0.4, -0.2) is 17.5 Å². The van der Waals surface area contributed by atoms with E-state index in [9.17, 15) is 27.4 Å². The van der Waals surface area contributed by atoms with Crippen LogP contribution in [0.5, 0.6) is 0 Å². The minimum Gasteiger partial charge on any atom is -0.397 e. The lowest BCUT2D eigenvalue weighted by molar-refractivity contribution is 0.483. The standard InChI is InChI=1S/C25H18N4O6S/c1-13-2-5-15(6-3-13)29-24(31)18-9-11-20(23(30)21(18)25(29)32)27-28-22-17-8-7-16(36(33,34)35)12-14(17)4-10-19(22)26/h2-12,28H,26H2,1H3,(H,33,34,35)/b27-20+. The van der Waals surface area contributed by atoms with Gasteiger partial charge in [0, 0.05) is 5.39 Å². The van der Waals surface area contributed by atoms with Gasteiger partial charge in [-0.15, -0.1) is 0 Å². The maximum absolute atomic E-state index is 13.1. The highest BCUT2D eigenvalue weighted by atomic mass is 32.2. The predicted octanol–water partition coefficient (Wildman–Crippen LogP) is 1.38. The molecule has 0 fully saturated rings. The van der Waals surface area contributed by atoms with E-state index in [1.165, 1.54) is 36.4 Å². The summed E-state index contributed by atoms with van der Waals surface area (Å²) < 4.78 is 33.2. The molecule has 3 aromatic carbocycles. The summed E-state index contributed by atoms with van der Waals surface area (Å²) in [6, 6.07) is 16.5. The van der Waals surface area contributed by atoms with Gasteiger partial charge in [-0.2, -0.15) is 13.5 Å². The predicted molar refractivity (Wildman–Crippen MR) is 134 cm³/mol. The quantitative estimate of drug-likeness (QED) is 0.189.